The molecule has 1 fully saturated rings. The van der Waals surface area contributed by atoms with Crippen LogP contribution in [0.4, 0.5) is 5.82 Å². The monoisotopic (exact) mass is 182 g/mol. The molecule has 12 heavy (non-hydrogen) atoms. The Morgan fingerprint density at radius 1 is 1.58 bits per heavy atom. The number of aryl methyl sites for hydroxylation is 1. The Labute approximate surface area is 76.8 Å². The molecule has 0 saturated heterocycles. The first-order valence-electron chi connectivity index (χ1n) is 4.23. The van der Waals surface area contributed by atoms with Gasteiger partial charge in [-0.2, -0.15) is 0 Å². The van der Waals surface area contributed by atoms with E-state index in [9.17, 15) is 0 Å². The van der Waals surface area contributed by atoms with E-state index >= 15 is 0 Å². The minimum absolute atomic E-state index is 0.469. The van der Waals surface area contributed by atoms with Crippen molar-refractivity contribution in [1.29, 1.82) is 0 Å². The minimum Gasteiger partial charge on any atom is -0.383 e. The van der Waals surface area contributed by atoms with Gasteiger partial charge >= 0.3 is 0 Å². The molecule has 0 aromatic carbocycles. The van der Waals surface area contributed by atoms with E-state index in [1.54, 1.807) is 11.3 Å². The van der Waals surface area contributed by atoms with Crippen LogP contribution in [0.3, 0.4) is 0 Å². The molecule has 0 amide bonds. The fourth-order valence-corrected chi connectivity index (χ4v) is 2.62. The van der Waals surface area contributed by atoms with E-state index in [0.717, 1.165) is 10.7 Å². The molecule has 1 heterocycles. The van der Waals surface area contributed by atoms with Crippen molar-refractivity contribution in [3.05, 3.63) is 9.88 Å². The van der Waals surface area contributed by atoms with Crippen LogP contribution in [-0.4, -0.2) is 4.98 Å². The average molecular weight is 182 g/mol. The van der Waals surface area contributed by atoms with Crippen molar-refractivity contribution in [1.82, 2.24) is 4.98 Å². The number of hydrogen-bond acceptors (Lipinski definition) is 3. The smallest absolute Gasteiger partial charge is 0.137 e. The molecule has 0 aliphatic heterocycles. The summed E-state index contributed by atoms with van der Waals surface area (Å²) < 4.78 is 0. The first kappa shape index (κ1) is 8.05. The number of anilines is 1. The van der Waals surface area contributed by atoms with E-state index in [1.807, 2.05) is 6.92 Å². The highest BCUT2D eigenvalue weighted by atomic mass is 32.1. The van der Waals surface area contributed by atoms with Crippen LogP contribution in [0.5, 0.6) is 0 Å². The number of nitrogens with zero attached hydrogens (tertiary/aromatic N) is 1. The largest absolute Gasteiger partial charge is 0.383 e. The zero-order chi connectivity index (χ0) is 8.93. The molecule has 1 aromatic heterocycles. The van der Waals surface area contributed by atoms with Gasteiger partial charge in [0.1, 0.15) is 5.82 Å². The lowest BCUT2D eigenvalue weighted by atomic mass is 10.1. The van der Waals surface area contributed by atoms with E-state index < -0.39 is 0 Å². The van der Waals surface area contributed by atoms with Crippen LogP contribution in [0, 0.1) is 12.3 Å². The standard InChI is InChI=1S/C9H14N2S/c1-5-7(10)11-8(12-5)6-4-9(6,2)3/h6H,4,10H2,1-3H3. The summed E-state index contributed by atoms with van der Waals surface area (Å²) in [6, 6.07) is 0. The third-order valence-corrected chi connectivity index (χ3v) is 3.76. The molecule has 66 valence electrons. The molecule has 1 unspecified atom stereocenters. The molecular formula is C9H14N2S. The maximum Gasteiger partial charge on any atom is 0.137 e. The number of thiazole rings is 1. The molecule has 1 aromatic rings. The Morgan fingerprint density at radius 2 is 2.17 bits per heavy atom. The summed E-state index contributed by atoms with van der Waals surface area (Å²) in [5, 5.41) is 1.23. The number of nitrogen functional groups attached to an aromatic ring is 1. The molecule has 0 spiro atoms. The average Bonchev–Trinajstić information content (AvgIpc) is 2.45. The van der Waals surface area contributed by atoms with Crippen molar-refractivity contribution in [3.63, 3.8) is 0 Å². The van der Waals surface area contributed by atoms with Gasteiger partial charge in [0.05, 0.1) is 5.01 Å². The topological polar surface area (TPSA) is 38.9 Å². The highest BCUT2D eigenvalue weighted by molar-refractivity contribution is 7.12. The van der Waals surface area contributed by atoms with E-state index in [4.69, 9.17) is 5.73 Å². The number of hydrogen-bond donors (Lipinski definition) is 1. The van der Waals surface area contributed by atoms with Crippen LogP contribution < -0.4 is 5.73 Å². The lowest BCUT2D eigenvalue weighted by Crippen LogP contribution is -1.90. The van der Waals surface area contributed by atoms with Crippen LogP contribution in [0.1, 0.15) is 36.1 Å². The fraction of sp³-hybridized carbons (Fsp3) is 0.667. The summed E-state index contributed by atoms with van der Waals surface area (Å²) in [5.41, 5.74) is 6.16. The third-order valence-electron chi connectivity index (χ3n) is 2.66. The van der Waals surface area contributed by atoms with Gasteiger partial charge in [-0.05, 0) is 18.8 Å². The highest BCUT2D eigenvalue weighted by Gasteiger charge is 2.48. The molecule has 0 radical (unpaired) electrons. The molecule has 0 bridgehead atoms. The summed E-state index contributed by atoms with van der Waals surface area (Å²) in [4.78, 5) is 5.52. The van der Waals surface area contributed by atoms with Gasteiger partial charge in [0.15, 0.2) is 0 Å². The van der Waals surface area contributed by atoms with E-state index in [1.165, 1.54) is 11.4 Å². The summed E-state index contributed by atoms with van der Waals surface area (Å²) in [6.07, 6.45) is 1.26. The molecular weight excluding hydrogens is 168 g/mol. The molecule has 3 heteroatoms. The lowest BCUT2D eigenvalue weighted by Gasteiger charge is -1.97. The Kier molecular flexibility index (Phi) is 1.49. The predicted molar refractivity (Wildman–Crippen MR) is 52.4 cm³/mol. The third kappa shape index (κ3) is 1.12. The Hall–Kier alpha value is -0.570. The Balaban J connectivity index is 2.26. The quantitative estimate of drug-likeness (QED) is 0.725. The van der Waals surface area contributed by atoms with Crippen molar-refractivity contribution >= 4 is 17.2 Å². The van der Waals surface area contributed by atoms with Gasteiger partial charge in [-0.1, -0.05) is 13.8 Å². The van der Waals surface area contributed by atoms with E-state index in [-0.39, 0.29) is 0 Å². The molecule has 1 atom stereocenters. The van der Waals surface area contributed by atoms with Crippen LogP contribution in [0.2, 0.25) is 0 Å². The van der Waals surface area contributed by atoms with Crippen molar-refractivity contribution in [2.45, 2.75) is 33.1 Å². The van der Waals surface area contributed by atoms with Gasteiger partial charge in [-0.25, -0.2) is 4.98 Å². The van der Waals surface area contributed by atoms with Crippen LogP contribution in [0.25, 0.3) is 0 Å². The maximum atomic E-state index is 5.69. The first-order chi connectivity index (χ1) is 5.50. The van der Waals surface area contributed by atoms with Crippen molar-refractivity contribution < 1.29 is 0 Å². The summed E-state index contributed by atoms with van der Waals surface area (Å²) >= 11 is 1.75. The van der Waals surface area contributed by atoms with Crippen LogP contribution in [0.15, 0.2) is 0 Å². The van der Waals surface area contributed by atoms with Crippen molar-refractivity contribution in [2.24, 2.45) is 5.41 Å². The SMILES string of the molecule is Cc1sc(C2CC2(C)C)nc1N. The predicted octanol–water partition coefficient (Wildman–Crippen LogP) is 2.55. The second-order valence-corrected chi connectivity index (χ2v) is 5.47. The molecule has 2 rings (SSSR count). The van der Waals surface area contributed by atoms with Gasteiger partial charge in [0.2, 0.25) is 0 Å². The zero-order valence-electron chi connectivity index (χ0n) is 7.72. The van der Waals surface area contributed by atoms with Crippen LogP contribution in [-0.2, 0) is 0 Å². The van der Waals surface area contributed by atoms with Gasteiger partial charge in [0, 0.05) is 10.8 Å². The van der Waals surface area contributed by atoms with Crippen molar-refractivity contribution in [3.8, 4) is 0 Å². The maximum absolute atomic E-state index is 5.69. The second kappa shape index (κ2) is 2.22. The summed E-state index contributed by atoms with van der Waals surface area (Å²) in [7, 11) is 0. The molecule has 1 aliphatic carbocycles. The van der Waals surface area contributed by atoms with E-state index in [2.05, 4.69) is 18.8 Å². The van der Waals surface area contributed by atoms with Gasteiger partial charge in [0.25, 0.3) is 0 Å². The number of aromatic nitrogens is 1. The Bertz CT molecular complexity index is 295. The van der Waals surface area contributed by atoms with Crippen LogP contribution >= 0.6 is 11.3 Å². The second-order valence-electron chi connectivity index (χ2n) is 4.24. The number of nitrogens with two attached hydrogens (primary N) is 1. The number of rotatable bonds is 1. The molecule has 2 N–H and O–H groups in total. The zero-order valence-corrected chi connectivity index (χ0v) is 8.53. The molecule has 2 nitrogen and oxygen atoms in total. The highest BCUT2D eigenvalue weighted by Crippen LogP contribution is 2.59. The normalized spacial score (nSPS) is 25.8. The van der Waals surface area contributed by atoms with Gasteiger partial charge in [-0.3, -0.25) is 0 Å². The lowest BCUT2D eigenvalue weighted by molar-refractivity contribution is 0.620. The first-order valence-corrected chi connectivity index (χ1v) is 5.05. The molecule has 1 saturated carbocycles. The fourth-order valence-electron chi connectivity index (χ4n) is 1.47. The van der Waals surface area contributed by atoms with Gasteiger partial charge < -0.3 is 5.73 Å². The minimum atomic E-state index is 0.469. The summed E-state index contributed by atoms with van der Waals surface area (Å²) in [5.74, 6) is 1.39. The van der Waals surface area contributed by atoms with Gasteiger partial charge in [-0.15, -0.1) is 11.3 Å². The summed E-state index contributed by atoms with van der Waals surface area (Å²) in [6.45, 7) is 6.60. The van der Waals surface area contributed by atoms with Crippen molar-refractivity contribution in [2.75, 3.05) is 5.73 Å². The Morgan fingerprint density at radius 3 is 2.50 bits per heavy atom. The molecule has 1 aliphatic rings. The van der Waals surface area contributed by atoms with E-state index in [0.29, 0.717) is 11.3 Å².